The molecule has 2 rings (SSSR count). The molecule has 1 aromatic carbocycles. The van der Waals surface area contributed by atoms with Gasteiger partial charge in [0, 0.05) is 24.2 Å². The van der Waals surface area contributed by atoms with Gasteiger partial charge in [-0.15, -0.1) is 0 Å². The molecule has 6 heteroatoms. The van der Waals surface area contributed by atoms with Crippen molar-refractivity contribution in [1.29, 1.82) is 0 Å². The number of carbonyl (C=O) groups excluding carboxylic acids is 3. The van der Waals surface area contributed by atoms with E-state index in [4.69, 9.17) is 0 Å². The van der Waals surface area contributed by atoms with Crippen LogP contribution >= 0.6 is 0 Å². The molecule has 0 bridgehead atoms. The van der Waals surface area contributed by atoms with E-state index in [9.17, 15) is 14.4 Å². The second kappa shape index (κ2) is 9.36. The minimum atomic E-state index is -0.570. The summed E-state index contributed by atoms with van der Waals surface area (Å²) >= 11 is 0. The lowest BCUT2D eigenvalue weighted by atomic mass is 9.88. The summed E-state index contributed by atoms with van der Waals surface area (Å²) in [5, 5.41) is 8.46. The van der Waals surface area contributed by atoms with Crippen molar-refractivity contribution < 1.29 is 14.4 Å². The molecule has 0 heterocycles. The van der Waals surface area contributed by atoms with Gasteiger partial charge in [0.25, 0.3) is 0 Å². The van der Waals surface area contributed by atoms with Crippen LogP contribution in [0.1, 0.15) is 52.9 Å². The standard InChI is InChI=1S/C20H29N3O3/c1-13(2)18(23-19(25)15-7-5-4-6-8-15)20(26)22-17-11-9-16(10-12-17)21-14(3)24/h9-13,15,18H,4-8H2,1-3H3,(H,21,24)(H,22,26)(H,23,25)/t18-/m1/s1. The monoisotopic (exact) mass is 359 g/mol. The second-order valence-corrected chi connectivity index (χ2v) is 7.31. The van der Waals surface area contributed by atoms with Gasteiger partial charge in [-0.3, -0.25) is 14.4 Å². The molecule has 0 radical (unpaired) electrons. The Bertz CT molecular complexity index is 634. The van der Waals surface area contributed by atoms with Crippen molar-refractivity contribution in [2.45, 2.75) is 58.9 Å². The largest absolute Gasteiger partial charge is 0.344 e. The average molecular weight is 359 g/mol. The molecule has 26 heavy (non-hydrogen) atoms. The van der Waals surface area contributed by atoms with Crippen LogP contribution in [0.3, 0.4) is 0 Å². The third-order valence-corrected chi connectivity index (χ3v) is 4.70. The van der Waals surface area contributed by atoms with Crippen molar-refractivity contribution >= 4 is 29.1 Å². The highest BCUT2D eigenvalue weighted by Crippen LogP contribution is 2.24. The summed E-state index contributed by atoms with van der Waals surface area (Å²) in [5.41, 5.74) is 1.29. The predicted octanol–water partition coefficient (Wildman–Crippen LogP) is 3.30. The highest BCUT2D eigenvalue weighted by molar-refractivity contribution is 5.98. The van der Waals surface area contributed by atoms with Crippen molar-refractivity contribution in [2.75, 3.05) is 10.6 Å². The topological polar surface area (TPSA) is 87.3 Å². The van der Waals surface area contributed by atoms with Crippen LogP contribution in [0.25, 0.3) is 0 Å². The lowest BCUT2D eigenvalue weighted by molar-refractivity contribution is -0.130. The highest BCUT2D eigenvalue weighted by atomic mass is 16.2. The van der Waals surface area contributed by atoms with Crippen molar-refractivity contribution in [1.82, 2.24) is 5.32 Å². The predicted molar refractivity (Wildman–Crippen MR) is 103 cm³/mol. The van der Waals surface area contributed by atoms with Gasteiger partial charge in [0.15, 0.2) is 0 Å². The fourth-order valence-corrected chi connectivity index (χ4v) is 3.23. The number of benzene rings is 1. The summed E-state index contributed by atoms with van der Waals surface area (Å²) in [6, 6.07) is 6.33. The Morgan fingerprint density at radius 3 is 1.96 bits per heavy atom. The van der Waals surface area contributed by atoms with Gasteiger partial charge in [0.1, 0.15) is 6.04 Å². The Labute approximate surface area is 155 Å². The summed E-state index contributed by atoms with van der Waals surface area (Å²) in [4.78, 5) is 36.2. The van der Waals surface area contributed by atoms with E-state index in [0.29, 0.717) is 11.4 Å². The van der Waals surface area contributed by atoms with Crippen LogP contribution in [-0.4, -0.2) is 23.8 Å². The molecular formula is C20H29N3O3. The molecule has 1 aliphatic carbocycles. The lowest BCUT2D eigenvalue weighted by Gasteiger charge is -2.26. The van der Waals surface area contributed by atoms with E-state index in [2.05, 4.69) is 16.0 Å². The highest BCUT2D eigenvalue weighted by Gasteiger charge is 2.28. The SMILES string of the molecule is CC(=O)Nc1ccc(NC(=O)[C@H](NC(=O)C2CCCCC2)C(C)C)cc1. The molecule has 0 aromatic heterocycles. The quantitative estimate of drug-likeness (QED) is 0.728. The summed E-state index contributed by atoms with van der Waals surface area (Å²) in [5.74, 6) is -0.376. The fourth-order valence-electron chi connectivity index (χ4n) is 3.23. The molecule has 3 N–H and O–H groups in total. The van der Waals surface area contributed by atoms with Gasteiger partial charge in [-0.2, -0.15) is 0 Å². The summed E-state index contributed by atoms with van der Waals surface area (Å²) < 4.78 is 0. The van der Waals surface area contributed by atoms with E-state index >= 15 is 0 Å². The maximum atomic E-state index is 12.6. The van der Waals surface area contributed by atoms with Crippen LogP contribution in [0, 0.1) is 11.8 Å². The van der Waals surface area contributed by atoms with Crippen molar-refractivity contribution in [3.63, 3.8) is 0 Å². The first-order valence-electron chi connectivity index (χ1n) is 9.35. The molecule has 142 valence electrons. The molecular weight excluding hydrogens is 330 g/mol. The van der Waals surface area contributed by atoms with Gasteiger partial charge in [-0.25, -0.2) is 0 Å². The van der Waals surface area contributed by atoms with Crippen LogP contribution in [0.15, 0.2) is 24.3 Å². The molecule has 3 amide bonds. The van der Waals surface area contributed by atoms with Gasteiger partial charge < -0.3 is 16.0 Å². The van der Waals surface area contributed by atoms with Gasteiger partial charge in [0.2, 0.25) is 17.7 Å². The van der Waals surface area contributed by atoms with E-state index in [-0.39, 0.29) is 29.6 Å². The van der Waals surface area contributed by atoms with Crippen LogP contribution < -0.4 is 16.0 Å². The molecule has 1 saturated carbocycles. The normalized spacial score (nSPS) is 16.0. The minimum Gasteiger partial charge on any atom is -0.344 e. The van der Waals surface area contributed by atoms with E-state index in [1.165, 1.54) is 13.3 Å². The zero-order valence-electron chi connectivity index (χ0n) is 15.8. The van der Waals surface area contributed by atoms with Crippen molar-refractivity contribution in [3.8, 4) is 0 Å². The molecule has 1 atom stereocenters. The summed E-state index contributed by atoms with van der Waals surface area (Å²) in [6.07, 6.45) is 5.16. The fraction of sp³-hybridized carbons (Fsp3) is 0.550. The van der Waals surface area contributed by atoms with Gasteiger partial charge in [-0.1, -0.05) is 33.1 Å². The molecule has 1 aliphatic rings. The lowest BCUT2D eigenvalue weighted by Crippen LogP contribution is -2.49. The first-order valence-corrected chi connectivity index (χ1v) is 9.35. The Hall–Kier alpha value is -2.37. The number of amides is 3. The average Bonchev–Trinajstić information content (AvgIpc) is 2.61. The summed E-state index contributed by atoms with van der Waals surface area (Å²) in [6.45, 7) is 5.29. The van der Waals surface area contributed by atoms with E-state index in [1.54, 1.807) is 24.3 Å². The molecule has 0 aliphatic heterocycles. The van der Waals surface area contributed by atoms with Crippen LogP contribution in [0.4, 0.5) is 11.4 Å². The third-order valence-electron chi connectivity index (χ3n) is 4.70. The zero-order valence-corrected chi connectivity index (χ0v) is 15.8. The molecule has 0 saturated heterocycles. The molecule has 1 aromatic rings. The zero-order chi connectivity index (χ0) is 19.1. The smallest absolute Gasteiger partial charge is 0.247 e. The second-order valence-electron chi connectivity index (χ2n) is 7.31. The first kappa shape index (κ1) is 19.9. The van der Waals surface area contributed by atoms with Gasteiger partial charge in [0.05, 0.1) is 0 Å². The third kappa shape index (κ3) is 5.86. The number of nitrogens with one attached hydrogen (secondary N) is 3. The summed E-state index contributed by atoms with van der Waals surface area (Å²) in [7, 11) is 0. The number of hydrogen-bond donors (Lipinski definition) is 3. The minimum absolute atomic E-state index is 0.0128. The maximum Gasteiger partial charge on any atom is 0.247 e. The van der Waals surface area contributed by atoms with Gasteiger partial charge >= 0.3 is 0 Å². The van der Waals surface area contributed by atoms with Crippen molar-refractivity contribution in [3.05, 3.63) is 24.3 Å². The van der Waals surface area contributed by atoms with Crippen LogP contribution in [0.2, 0.25) is 0 Å². The van der Waals surface area contributed by atoms with Gasteiger partial charge in [-0.05, 0) is 43.0 Å². The number of hydrogen-bond acceptors (Lipinski definition) is 3. The van der Waals surface area contributed by atoms with Crippen LogP contribution in [0.5, 0.6) is 0 Å². The number of rotatable bonds is 6. The van der Waals surface area contributed by atoms with Crippen molar-refractivity contribution in [2.24, 2.45) is 11.8 Å². The Morgan fingerprint density at radius 2 is 1.46 bits per heavy atom. The Kier molecular flexibility index (Phi) is 7.18. The molecule has 1 fully saturated rings. The Balaban J connectivity index is 1.96. The maximum absolute atomic E-state index is 12.6. The number of carbonyl (C=O) groups is 3. The van der Waals surface area contributed by atoms with E-state index in [1.807, 2.05) is 13.8 Å². The molecule has 0 unspecified atom stereocenters. The first-order chi connectivity index (χ1) is 12.4. The van der Waals surface area contributed by atoms with E-state index < -0.39 is 6.04 Å². The van der Waals surface area contributed by atoms with Crippen LogP contribution in [-0.2, 0) is 14.4 Å². The molecule has 0 spiro atoms. The van der Waals surface area contributed by atoms with E-state index in [0.717, 1.165) is 25.7 Å². The number of anilines is 2. The Morgan fingerprint density at radius 1 is 0.923 bits per heavy atom. The molecule has 6 nitrogen and oxygen atoms in total.